The number of ether oxygens (including phenoxy) is 1. The van der Waals surface area contributed by atoms with Gasteiger partial charge in [-0.05, 0) is 13.0 Å². The molecule has 0 saturated carbocycles. The molecule has 0 radical (unpaired) electrons. The minimum absolute atomic E-state index is 0.232. The third-order valence-electron chi connectivity index (χ3n) is 2.82. The van der Waals surface area contributed by atoms with Crippen LogP contribution < -0.4 is 5.32 Å². The fraction of sp³-hybridized carbons (Fsp3) is 0.833. The molecule has 2 unspecified atom stereocenters. The van der Waals surface area contributed by atoms with Crippen LogP contribution in [0.25, 0.3) is 0 Å². The Morgan fingerprint density at radius 1 is 1.41 bits per heavy atom. The first-order valence-corrected chi connectivity index (χ1v) is 6.26. The van der Waals surface area contributed by atoms with E-state index in [1.54, 1.807) is 7.11 Å². The summed E-state index contributed by atoms with van der Waals surface area (Å²) in [6, 6.07) is 0.232. The molecule has 0 bridgehead atoms. The van der Waals surface area contributed by atoms with Gasteiger partial charge in [-0.15, -0.1) is 0 Å². The number of hydrogen-bond donors (Lipinski definition) is 1. The second kappa shape index (κ2) is 7.40. The van der Waals surface area contributed by atoms with Gasteiger partial charge in [-0.25, -0.2) is 0 Å². The van der Waals surface area contributed by atoms with Crippen LogP contribution in [-0.2, 0) is 11.2 Å². The van der Waals surface area contributed by atoms with Gasteiger partial charge in [0.05, 0.1) is 6.61 Å². The summed E-state index contributed by atoms with van der Waals surface area (Å²) in [5.41, 5.74) is 0. The molecule has 0 spiro atoms. The van der Waals surface area contributed by atoms with Crippen molar-refractivity contribution in [2.24, 2.45) is 0 Å². The zero-order valence-electron chi connectivity index (χ0n) is 11.2. The van der Waals surface area contributed by atoms with Gasteiger partial charge in [0, 0.05) is 25.5 Å². The third-order valence-corrected chi connectivity index (χ3v) is 2.82. The van der Waals surface area contributed by atoms with Gasteiger partial charge in [0.15, 0.2) is 5.82 Å². The van der Waals surface area contributed by atoms with Crippen molar-refractivity contribution >= 4 is 0 Å². The fourth-order valence-corrected chi connectivity index (χ4v) is 1.62. The summed E-state index contributed by atoms with van der Waals surface area (Å²) in [7, 11) is 1.70. The number of nitrogens with one attached hydrogen (secondary N) is 1. The standard InChI is InChI=1S/C12H23N3O2/c1-5-9(3)12-14-11(17-15-12)7-10(8-16-4)13-6-2/h9-10,13H,5-8H2,1-4H3. The molecule has 1 aromatic heterocycles. The maximum Gasteiger partial charge on any atom is 0.228 e. The molecule has 1 heterocycles. The van der Waals surface area contributed by atoms with Gasteiger partial charge in [-0.1, -0.05) is 25.9 Å². The van der Waals surface area contributed by atoms with Crippen LogP contribution >= 0.6 is 0 Å². The highest BCUT2D eigenvalue weighted by atomic mass is 16.5. The summed E-state index contributed by atoms with van der Waals surface area (Å²) in [6.07, 6.45) is 1.73. The van der Waals surface area contributed by atoms with Crippen molar-refractivity contribution in [3.05, 3.63) is 11.7 Å². The molecule has 1 N–H and O–H groups in total. The lowest BCUT2D eigenvalue weighted by Gasteiger charge is -2.14. The number of likely N-dealkylation sites (N-methyl/N-ethyl adjacent to an activating group) is 1. The molecule has 98 valence electrons. The lowest BCUT2D eigenvalue weighted by atomic mass is 10.1. The van der Waals surface area contributed by atoms with E-state index in [2.05, 4.69) is 36.2 Å². The topological polar surface area (TPSA) is 60.2 Å². The summed E-state index contributed by atoms with van der Waals surface area (Å²) in [4.78, 5) is 4.41. The Bertz CT molecular complexity index is 308. The van der Waals surface area contributed by atoms with E-state index >= 15 is 0 Å². The summed E-state index contributed by atoms with van der Waals surface area (Å²) < 4.78 is 10.4. The van der Waals surface area contributed by atoms with Gasteiger partial charge in [0.25, 0.3) is 0 Å². The van der Waals surface area contributed by atoms with Gasteiger partial charge in [0.2, 0.25) is 5.89 Å². The predicted molar refractivity (Wildman–Crippen MR) is 66.0 cm³/mol. The van der Waals surface area contributed by atoms with Crippen LogP contribution in [0.4, 0.5) is 0 Å². The van der Waals surface area contributed by atoms with Crippen LogP contribution in [0, 0.1) is 0 Å². The Balaban J connectivity index is 2.56. The van der Waals surface area contributed by atoms with Gasteiger partial charge in [-0.3, -0.25) is 0 Å². The molecule has 1 rings (SSSR count). The number of nitrogens with zero attached hydrogens (tertiary/aromatic N) is 2. The quantitative estimate of drug-likeness (QED) is 0.751. The first-order valence-electron chi connectivity index (χ1n) is 6.26. The average Bonchev–Trinajstić information content (AvgIpc) is 2.77. The van der Waals surface area contributed by atoms with Gasteiger partial charge >= 0.3 is 0 Å². The highest BCUT2D eigenvalue weighted by Crippen LogP contribution is 2.15. The van der Waals surface area contributed by atoms with Crippen molar-refractivity contribution in [3.63, 3.8) is 0 Å². The first kappa shape index (κ1) is 14.1. The molecule has 0 aliphatic rings. The smallest absolute Gasteiger partial charge is 0.228 e. The average molecular weight is 241 g/mol. The second-order valence-corrected chi connectivity index (χ2v) is 4.27. The molecule has 0 aliphatic carbocycles. The van der Waals surface area contributed by atoms with Crippen molar-refractivity contribution in [2.45, 2.75) is 45.6 Å². The molecule has 0 fully saturated rings. The first-order chi connectivity index (χ1) is 8.21. The Morgan fingerprint density at radius 3 is 2.76 bits per heavy atom. The highest BCUT2D eigenvalue weighted by Gasteiger charge is 2.16. The number of aromatic nitrogens is 2. The summed E-state index contributed by atoms with van der Waals surface area (Å²) in [5.74, 6) is 1.84. The molecular formula is C12H23N3O2. The van der Waals surface area contributed by atoms with Crippen LogP contribution in [0.2, 0.25) is 0 Å². The lowest BCUT2D eigenvalue weighted by Crippen LogP contribution is -2.35. The van der Waals surface area contributed by atoms with Gasteiger partial charge in [0.1, 0.15) is 0 Å². The van der Waals surface area contributed by atoms with Crippen molar-refractivity contribution in [3.8, 4) is 0 Å². The summed E-state index contributed by atoms with van der Waals surface area (Å²) in [5, 5.41) is 7.34. The van der Waals surface area contributed by atoms with Crippen LogP contribution in [0.15, 0.2) is 4.52 Å². The Morgan fingerprint density at radius 2 is 2.18 bits per heavy atom. The second-order valence-electron chi connectivity index (χ2n) is 4.27. The molecule has 17 heavy (non-hydrogen) atoms. The van der Waals surface area contributed by atoms with Crippen LogP contribution in [0.1, 0.15) is 44.8 Å². The maximum absolute atomic E-state index is 5.25. The Hall–Kier alpha value is -0.940. The number of methoxy groups -OCH3 is 1. The zero-order chi connectivity index (χ0) is 12.7. The molecule has 0 aromatic carbocycles. The van der Waals surface area contributed by atoms with E-state index in [0.29, 0.717) is 24.8 Å². The molecule has 0 aliphatic heterocycles. The van der Waals surface area contributed by atoms with Crippen LogP contribution in [0.3, 0.4) is 0 Å². The molecule has 5 heteroatoms. The third kappa shape index (κ3) is 4.44. The van der Waals surface area contributed by atoms with E-state index in [-0.39, 0.29) is 6.04 Å². The van der Waals surface area contributed by atoms with Crippen molar-refractivity contribution < 1.29 is 9.26 Å². The molecule has 5 nitrogen and oxygen atoms in total. The van der Waals surface area contributed by atoms with Crippen LogP contribution in [0.5, 0.6) is 0 Å². The van der Waals surface area contributed by atoms with Gasteiger partial charge < -0.3 is 14.6 Å². The van der Waals surface area contributed by atoms with E-state index in [1.165, 1.54) is 0 Å². The molecular weight excluding hydrogens is 218 g/mol. The Labute approximate surface area is 103 Å². The number of rotatable bonds is 8. The summed E-state index contributed by atoms with van der Waals surface area (Å²) >= 11 is 0. The van der Waals surface area contributed by atoms with E-state index < -0.39 is 0 Å². The van der Waals surface area contributed by atoms with E-state index in [4.69, 9.17) is 9.26 Å². The fourth-order valence-electron chi connectivity index (χ4n) is 1.62. The molecule has 2 atom stereocenters. The molecule has 1 aromatic rings. The maximum atomic E-state index is 5.25. The molecule has 0 saturated heterocycles. The zero-order valence-corrected chi connectivity index (χ0v) is 11.2. The molecule has 0 amide bonds. The minimum atomic E-state index is 0.232. The lowest BCUT2D eigenvalue weighted by molar-refractivity contribution is 0.162. The van der Waals surface area contributed by atoms with Crippen molar-refractivity contribution in [1.29, 1.82) is 0 Å². The Kier molecular flexibility index (Phi) is 6.15. The van der Waals surface area contributed by atoms with E-state index in [0.717, 1.165) is 18.8 Å². The predicted octanol–water partition coefficient (Wildman–Crippen LogP) is 1.75. The largest absolute Gasteiger partial charge is 0.383 e. The SMILES string of the molecule is CCNC(COC)Cc1nc(C(C)CC)no1. The number of hydrogen-bond acceptors (Lipinski definition) is 5. The highest BCUT2D eigenvalue weighted by molar-refractivity contribution is 4.94. The van der Waals surface area contributed by atoms with Gasteiger partial charge in [-0.2, -0.15) is 4.98 Å². The monoisotopic (exact) mass is 241 g/mol. The summed E-state index contributed by atoms with van der Waals surface area (Å²) in [6.45, 7) is 7.84. The van der Waals surface area contributed by atoms with E-state index in [9.17, 15) is 0 Å². The van der Waals surface area contributed by atoms with E-state index in [1.807, 2.05) is 0 Å². The van der Waals surface area contributed by atoms with Crippen LogP contribution in [-0.4, -0.2) is 36.4 Å². The van der Waals surface area contributed by atoms with Crippen molar-refractivity contribution in [1.82, 2.24) is 15.5 Å². The normalized spacial score (nSPS) is 14.8. The minimum Gasteiger partial charge on any atom is -0.383 e. The van der Waals surface area contributed by atoms with Crippen molar-refractivity contribution in [2.75, 3.05) is 20.3 Å².